The zero-order valence-corrected chi connectivity index (χ0v) is 50.4. The number of Topliss-reactive ketones (excluding diaryl/α,β-unsaturated/α-hetero) is 1. The summed E-state index contributed by atoms with van der Waals surface area (Å²) in [6, 6.07) is 65.8. The van der Waals surface area contributed by atoms with E-state index >= 15 is 0 Å². The van der Waals surface area contributed by atoms with E-state index in [0.29, 0.717) is 41.2 Å². The van der Waals surface area contributed by atoms with Gasteiger partial charge in [0.15, 0.2) is 5.78 Å². The molecule has 3 aliphatic rings. The molecule has 7 atom stereocenters. The second kappa shape index (κ2) is 23.5. The molecule has 3 aromatic heterocycles. The number of fused-ring (bicyclic) bond motifs is 3. The molecule has 3 heterocycles. The van der Waals surface area contributed by atoms with Crippen LogP contribution in [0.1, 0.15) is 125 Å². The highest BCUT2D eigenvalue weighted by Crippen LogP contribution is 2.56. The minimum Gasteiger partial charge on any atom is -0.389 e. The van der Waals surface area contributed by atoms with E-state index in [9.17, 15) is 18.3 Å². The van der Waals surface area contributed by atoms with Gasteiger partial charge in [-0.2, -0.15) is 0 Å². The quantitative estimate of drug-likeness (QED) is 0.0716. The highest BCUT2D eigenvalue weighted by Gasteiger charge is 2.43. The minimum absolute atomic E-state index is 0.0739. The molecule has 0 aliphatic heterocycles. The molecule has 11 nitrogen and oxygen atoms in total. The number of halogens is 3. The van der Waals surface area contributed by atoms with Gasteiger partial charge in [0.25, 0.3) is 0 Å². The number of para-hydroxylation sites is 1. The van der Waals surface area contributed by atoms with Crippen molar-refractivity contribution in [2.24, 2.45) is 0 Å². The molecule has 0 radical (unpaired) electrons. The molecule has 430 valence electrons. The molecule has 7 unspecified atom stereocenters. The Morgan fingerprint density at radius 3 is 1.26 bits per heavy atom. The predicted octanol–water partition coefficient (Wildman–Crippen LogP) is 18.1. The third-order valence-corrected chi connectivity index (χ3v) is 18.0. The van der Waals surface area contributed by atoms with Gasteiger partial charge in [0.1, 0.15) is 17.5 Å². The molecule has 0 amide bonds. The van der Waals surface area contributed by atoms with E-state index in [0.717, 1.165) is 136 Å². The largest absolute Gasteiger partial charge is 0.389 e. The van der Waals surface area contributed by atoms with E-state index in [1.54, 1.807) is 19.9 Å². The third kappa shape index (κ3) is 12.4. The van der Waals surface area contributed by atoms with Crippen molar-refractivity contribution < 1.29 is 18.3 Å². The van der Waals surface area contributed by atoms with Crippen molar-refractivity contribution in [3.8, 4) is 33.4 Å². The summed E-state index contributed by atoms with van der Waals surface area (Å²) in [6.07, 6.45) is 3.92. The standard InChI is InChI=1S/C24H21ClN2O.C24H19ClN2O.C23H20ClN3O2S/c2*1-14(28)18-4-2-3-5-19(18)16-8-11-22-23(12-16)27-24(26-22)21-13-20(21)15-6-9-17(25)10-7-15;1-30(28,29)27-20-5-3-2-4-17(20)15-8-11-21-22(12-15)26-23(25-21)19-13-18(19)14-6-9-16(24)10-7-14/h2-12,14,20-21,28H,13H2,1H3,(H,26,27);2-12,20-21H,13H2,1H3,(H,26,27);2-12,18-19,27H,13H2,1H3,(H,25,26). The Morgan fingerprint density at radius 2 is 0.849 bits per heavy atom. The van der Waals surface area contributed by atoms with Crippen LogP contribution in [0, 0.1) is 0 Å². The number of carbonyl (C=O) groups excluding carboxylic acids is 1. The number of carbonyl (C=O) groups is 1. The predicted molar refractivity (Wildman–Crippen MR) is 348 cm³/mol. The van der Waals surface area contributed by atoms with Crippen LogP contribution in [0.4, 0.5) is 5.69 Å². The van der Waals surface area contributed by atoms with Gasteiger partial charge in [-0.05, 0) is 180 Å². The van der Waals surface area contributed by atoms with Crippen molar-refractivity contribution in [1.82, 2.24) is 29.9 Å². The lowest BCUT2D eigenvalue weighted by molar-refractivity contribution is 0.101. The fourth-order valence-corrected chi connectivity index (χ4v) is 13.0. The summed E-state index contributed by atoms with van der Waals surface area (Å²) in [4.78, 5) is 36.9. The van der Waals surface area contributed by atoms with Crippen LogP contribution in [0.2, 0.25) is 15.1 Å². The molecule has 0 bridgehead atoms. The number of imidazole rings is 3. The Balaban J connectivity index is 0.000000120. The van der Waals surface area contributed by atoms with E-state index in [1.807, 2.05) is 127 Å². The molecule has 9 aromatic carbocycles. The Morgan fingerprint density at radius 1 is 0.488 bits per heavy atom. The van der Waals surface area contributed by atoms with Crippen LogP contribution >= 0.6 is 34.8 Å². The minimum atomic E-state index is -3.36. The maximum atomic E-state index is 12.0. The number of aliphatic hydroxyl groups excluding tert-OH is 1. The molecule has 0 spiro atoms. The lowest BCUT2D eigenvalue weighted by Gasteiger charge is -2.11. The molecule has 3 fully saturated rings. The number of rotatable bonds is 13. The SMILES string of the molecule is CC(=O)c1ccccc1-c1ccc2nc(C3CC3c3ccc(Cl)cc3)[nH]c2c1.CC(O)c1ccccc1-c1ccc2nc(C3CC3c3ccc(Cl)cc3)[nH]c2c1.CS(=O)(=O)Nc1ccccc1-c1ccc2nc(C3CC3c3ccc(Cl)cc3)[nH]c2c1. The fraction of sp³-hybridized carbons (Fsp3) is 0.183. The third-order valence-electron chi connectivity index (χ3n) is 16.7. The van der Waals surface area contributed by atoms with E-state index in [2.05, 4.69) is 86.4 Å². The van der Waals surface area contributed by atoms with Crippen LogP contribution in [-0.4, -0.2) is 55.5 Å². The van der Waals surface area contributed by atoms with Crippen molar-refractivity contribution in [3.63, 3.8) is 0 Å². The van der Waals surface area contributed by atoms with Crippen molar-refractivity contribution in [2.45, 2.75) is 74.7 Å². The first-order chi connectivity index (χ1) is 41.6. The summed E-state index contributed by atoms with van der Waals surface area (Å²) in [7, 11) is -3.36. The number of benzene rings is 9. The van der Waals surface area contributed by atoms with Crippen LogP contribution in [0.15, 0.2) is 200 Å². The Labute approximate surface area is 513 Å². The van der Waals surface area contributed by atoms with E-state index in [4.69, 9.17) is 49.8 Å². The average Bonchev–Trinajstić information content (AvgIpc) is 2.09. The number of ketones is 1. The number of aliphatic hydroxyl groups is 1. The zero-order valence-electron chi connectivity index (χ0n) is 47.3. The zero-order chi connectivity index (χ0) is 59.4. The van der Waals surface area contributed by atoms with Crippen LogP contribution in [0.3, 0.4) is 0 Å². The lowest BCUT2D eigenvalue weighted by Crippen LogP contribution is -2.10. The van der Waals surface area contributed by atoms with Gasteiger partial charge in [0.05, 0.1) is 51.1 Å². The Hall–Kier alpha value is -8.36. The normalized spacial score (nSPS) is 18.8. The molecule has 3 saturated carbocycles. The second-order valence-corrected chi connectivity index (χ2v) is 25.9. The molecule has 86 heavy (non-hydrogen) atoms. The summed E-state index contributed by atoms with van der Waals surface area (Å²) in [5.41, 5.74) is 17.9. The van der Waals surface area contributed by atoms with Gasteiger partial charge < -0.3 is 20.1 Å². The number of H-pyrrole nitrogens is 3. The van der Waals surface area contributed by atoms with Crippen molar-refractivity contribution >= 4 is 89.4 Å². The number of hydrogen-bond donors (Lipinski definition) is 5. The maximum Gasteiger partial charge on any atom is 0.229 e. The molecular formula is C71H60Cl3N7O4S. The smallest absolute Gasteiger partial charge is 0.229 e. The summed E-state index contributed by atoms with van der Waals surface area (Å²) >= 11 is 18.0. The van der Waals surface area contributed by atoms with E-state index in [-0.39, 0.29) is 5.78 Å². The second-order valence-electron chi connectivity index (χ2n) is 22.8. The van der Waals surface area contributed by atoms with Crippen molar-refractivity contribution in [1.29, 1.82) is 0 Å². The summed E-state index contributed by atoms with van der Waals surface area (Å²) in [5, 5.41) is 12.4. The summed E-state index contributed by atoms with van der Waals surface area (Å²) in [5.74, 6) is 5.84. The van der Waals surface area contributed by atoms with E-state index in [1.165, 1.54) is 16.7 Å². The molecular weight excluding hydrogens is 1150 g/mol. The topological polar surface area (TPSA) is 170 Å². The molecule has 15 rings (SSSR count). The number of anilines is 1. The molecule has 12 aromatic rings. The van der Waals surface area contributed by atoms with Gasteiger partial charge in [-0.15, -0.1) is 0 Å². The highest BCUT2D eigenvalue weighted by molar-refractivity contribution is 7.92. The highest BCUT2D eigenvalue weighted by atomic mass is 35.5. The number of hydrogen-bond acceptors (Lipinski definition) is 7. The first kappa shape index (κ1) is 56.8. The van der Waals surface area contributed by atoms with Gasteiger partial charge >= 0.3 is 0 Å². The average molecular weight is 1210 g/mol. The van der Waals surface area contributed by atoms with Crippen molar-refractivity contribution in [3.05, 3.63) is 261 Å². The Bertz CT molecular complexity index is 4620. The Kier molecular flexibility index (Phi) is 15.5. The van der Waals surface area contributed by atoms with Crippen LogP contribution in [-0.2, 0) is 10.0 Å². The van der Waals surface area contributed by atoms with Gasteiger partial charge in [-0.25, -0.2) is 23.4 Å². The van der Waals surface area contributed by atoms with Crippen LogP contribution in [0.5, 0.6) is 0 Å². The van der Waals surface area contributed by atoms with E-state index < -0.39 is 16.1 Å². The maximum absolute atomic E-state index is 12.0. The number of aromatic amines is 3. The van der Waals surface area contributed by atoms with Gasteiger partial charge in [0, 0.05) is 43.9 Å². The number of nitrogens with one attached hydrogen (secondary N) is 4. The first-order valence-electron chi connectivity index (χ1n) is 28.8. The molecule has 0 saturated heterocycles. The van der Waals surface area contributed by atoms with Crippen LogP contribution < -0.4 is 4.72 Å². The molecule has 5 N–H and O–H groups in total. The molecule has 3 aliphatic carbocycles. The first-order valence-corrected chi connectivity index (χ1v) is 31.8. The van der Waals surface area contributed by atoms with Gasteiger partial charge in [0.2, 0.25) is 10.0 Å². The monoisotopic (exact) mass is 1210 g/mol. The fourth-order valence-electron chi connectivity index (χ4n) is 12.0. The number of sulfonamides is 1. The summed E-state index contributed by atoms with van der Waals surface area (Å²) < 4.78 is 26.0. The number of nitrogens with zero attached hydrogens (tertiary/aromatic N) is 3. The summed E-state index contributed by atoms with van der Waals surface area (Å²) in [6.45, 7) is 3.41. The number of aromatic nitrogens is 6. The van der Waals surface area contributed by atoms with Crippen LogP contribution in [0.25, 0.3) is 66.5 Å². The van der Waals surface area contributed by atoms with Gasteiger partial charge in [-0.3, -0.25) is 9.52 Å². The van der Waals surface area contributed by atoms with Crippen molar-refractivity contribution in [2.75, 3.05) is 11.0 Å². The lowest BCUT2D eigenvalue weighted by atomic mass is 9.96. The van der Waals surface area contributed by atoms with Gasteiger partial charge in [-0.1, -0.05) is 156 Å². The molecule has 15 heteroatoms.